The summed E-state index contributed by atoms with van der Waals surface area (Å²) in [4.78, 5) is 0. The molecule has 1 aliphatic rings. The molecule has 1 rings (SSSR count). The summed E-state index contributed by atoms with van der Waals surface area (Å²) in [7, 11) is 0. The summed E-state index contributed by atoms with van der Waals surface area (Å²) in [6, 6.07) is 0. The molecule has 0 radical (unpaired) electrons. The second kappa shape index (κ2) is 2.27. The summed E-state index contributed by atoms with van der Waals surface area (Å²) in [5, 5.41) is 0. The molecule has 0 unspecified atom stereocenters. The minimum Gasteiger partial charge on any atom is -0.386 e. The highest BCUT2D eigenvalue weighted by atomic mass is 14.8. The monoisotopic (exact) mass is 127 g/mol. The van der Waals surface area contributed by atoms with E-state index >= 15 is 0 Å². The van der Waals surface area contributed by atoms with Crippen molar-refractivity contribution in [3.63, 3.8) is 0 Å². The van der Waals surface area contributed by atoms with Crippen molar-refractivity contribution in [3.05, 3.63) is 11.4 Å². The lowest BCUT2D eigenvalue weighted by Crippen LogP contribution is -2.18. The van der Waals surface area contributed by atoms with Gasteiger partial charge < -0.3 is 17.2 Å². The van der Waals surface area contributed by atoms with Crippen molar-refractivity contribution in [2.24, 2.45) is 23.1 Å². The van der Waals surface area contributed by atoms with Crippen molar-refractivity contribution in [2.45, 2.75) is 12.8 Å². The van der Waals surface area contributed by atoms with E-state index in [-0.39, 0.29) is 0 Å². The van der Waals surface area contributed by atoms with E-state index in [4.69, 9.17) is 17.2 Å². The van der Waals surface area contributed by atoms with Crippen LogP contribution in [0.5, 0.6) is 0 Å². The van der Waals surface area contributed by atoms with E-state index in [1.165, 1.54) is 12.8 Å². The van der Waals surface area contributed by atoms with Gasteiger partial charge in [-0.3, -0.25) is 0 Å². The summed E-state index contributed by atoms with van der Waals surface area (Å²) in [6.07, 6.45) is 2.43. The lowest BCUT2D eigenvalue weighted by atomic mass is 10.2. The van der Waals surface area contributed by atoms with Crippen molar-refractivity contribution in [1.29, 1.82) is 0 Å². The zero-order valence-corrected chi connectivity index (χ0v) is 5.43. The van der Waals surface area contributed by atoms with Crippen LogP contribution in [0.25, 0.3) is 0 Å². The fourth-order valence-corrected chi connectivity index (χ4v) is 0.952. The molecule has 0 saturated heterocycles. The van der Waals surface area contributed by atoms with Crippen LogP contribution in [0.4, 0.5) is 0 Å². The summed E-state index contributed by atoms with van der Waals surface area (Å²) < 4.78 is 0. The third kappa shape index (κ3) is 1.36. The van der Waals surface area contributed by atoms with Crippen LogP contribution in [0.15, 0.2) is 11.4 Å². The molecular weight excluding hydrogens is 114 g/mol. The maximum absolute atomic E-state index is 5.40. The summed E-state index contributed by atoms with van der Waals surface area (Å²) in [5.74, 6) is 1.04. The molecule has 1 fully saturated rings. The quantitative estimate of drug-likeness (QED) is 0.467. The van der Waals surface area contributed by atoms with Gasteiger partial charge in [-0.1, -0.05) is 0 Å². The Bertz CT molecular complexity index is 131. The van der Waals surface area contributed by atoms with Crippen molar-refractivity contribution in [1.82, 2.24) is 0 Å². The second-order valence-corrected chi connectivity index (χ2v) is 2.46. The molecule has 0 amide bonds. The van der Waals surface area contributed by atoms with Crippen LogP contribution in [0.3, 0.4) is 0 Å². The lowest BCUT2D eigenvalue weighted by molar-refractivity contribution is 0.896. The van der Waals surface area contributed by atoms with Crippen molar-refractivity contribution in [3.8, 4) is 0 Å². The van der Waals surface area contributed by atoms with Gasteiger partial charge in [-0.2, -0.15) is 0 Å². The highest BCUT2D eigenvalue weighted by Crippen LogP contribution is 2.35. The predicted molar refractivity (Wildman–Crippen MR) is 37.2 cm³/mol. The van der Waals surface area contributed by atoms with E-state index in [0.717, 1.165) is 5.57 Å². The van der Waals surface area contributed by atoms with E-state index in [1.54, 1.807) is 0 Å². The summed E-state index contributed by atoms with van der Waals surface area (Å²) in [6.45, 7) is 0.521. The van der Waals surface area contributed by atoms with Crippen molar-refractivity contribution < 1.29 is 0 Å². The molecule has 0 heterocycles. The van der Waals surface area contributed by atoms with E-state index in [0.29, 0.717) is 18.3 Å². The molecular formula is C6H13N3. The third-order valence-corrected chi connectivity index (χ3v) is 1.66. The first-order valence-electron chi connectivity index (χ1n) is 3.19. The van der Waals surface area contributed by atoms with Gasteiger partial charge >= 0.3 is 0 Å². The highest BCUT2D eigenvalue weighted by molar-refractivity contribution is 5.17. The summed E-state index contributed by atoms with van der Waals surface area (Å²) in [5.41, 5.74) is 17.2. The van der Waals surface area contributed by atoms with Gasteiger partial charge in [0.25, 0.3) is 0 Å². The number of hydrogen-bond acceptors (Lipinski definition) is 3. The van der Waals surface area contributed by atoms with Crippen LogP contribution < -0.4 is 17.2 Å². The third-order valence-electron chi connectivity index (χ3n) is 1.66. The van der Waals surface area contributed by atoms with Gasteiger partial charge in [-0.25, -0.2) is 0 Å². The molecule has 0 spiro atoms. The first kappa shape index (κ1) is 6.42. The van der Waals surface area contributed by atoms with Gasteiger partial charge in [-0.15, -0.1) is 0 Å². The van der Waals surface area contributed by atoms with Crippen LogP contribution in [0.1, 0.15) is 12.8 Å². The lowest BCUT2D eigenvalue weighted by Gasteiger charge is -2.02. The Morgan fingerprint density at radius 3 is 2.00 bits per heavy atom. The Morgan fingerprint density at radius 2 is 1.89 bits per heavy atom. The van der Waals surface area contributed by atoms with Crippen LogP contribution in [0, 0.1) is 5.92 Å². The molecule has 6 N–H and O–H groups in total. The Kier molecular flexibility index (Phi) is 1.62. The Hall–Kier alpha value is -0.700. The van der Waals surface area contributed by atoms with Crippen LogP contribution in [-0.4, -0.2) is 6.54 Å². The smallest absolute Gasteiger partial charge is 0.0941 e. The van der Waals surface area contributed by atoms with E-state index in [9.17, 15) is 0 Å². The van der Waals surface area contributed by atoms with Crippen LogP contribution in [0.2, 0.25) is 0 Å². The molecule has 0 bridgehead atoms. The number of hydrogen-bond donors (Lipinski definition) is 3. The average Bonchev–Trinajstić information content (AvgIpc) is 2.50. The van der Waals surface area contributed by atoms with Crippen molar-refractivity contribution in [2.75, 3.05) is 6.54 Å². The molecule has 0 aromatic rings. The fourth-order valence-electron chi connectivity index (χ4n) is 0.952. The molecule has 3 nitrogen and oxygen atoms in total. The number of nitrogens with two attached hydrogens (primary N) is 3. The SMILES string of the molecule is NCC(=C(N)N)C1CC1. The predicted octanol–water partition coefficient (Wildman–Crippen LogP) is -0.516. The van der Waals surface area contributed by atoms with Crippen LogP contribution in [-0.2, 0) is 0 Å². The molecule has 0 atom stereocenters. The zero-order valence-electron chi connectivity index (χ0n) is 5.43. The van der Waals surface area contributed by atoms with Gasteiger partial charge in [-0.05, 0) is 24.3 Å². The minimum absolute atomic E-state index is 0.431. The van der Waals surface area contributed by atoms with E-state index in [2.05, 4.69) is 0 Å². The molecule has 9 heavy (non-hydrogen) atoms. The van der Waals surface area contributed by atoms with Gasteiger partial charge in [0.15, 0.2) is 0 Å². The topological polar surface area (TPSA) is 78.1 Å². The Labute approximate surface area is 54.9 Å². The van der Waals surface area contributed by atoms with Gasteiger partial charge in [0.1, 0.15) is 0 Å². The minimum atomic E-state index is 0.431. The first-order valence-corrected chi connectivity index (χ1v) is 3.19. The normalized spacial score (nSPS) is 17.4. The van der Waals surface area contributed by atoms with E-state index < -0.39 is 0 Å². The fraction of sp³-hybridized carbons (Fsp3) is 0.667. The molecule has 3 heteroatoms. The number of rotatable bonds is 2. The van der Waals surface area contributed by atoms with Crippen LogP contribution >= 0.6 is 0 Å². The standard InChI is InChI=1S/C6H13N3/c7-3-5(6(8)9)4-1-2-4/h4H,1-3,7-9H2. The second-order valence-electron chi connectivity index (χ2n) is 2.46. The molecule has 1 aliphatic carbocycles. The molecule has 52 valence electrons. The van der Waals surface area contributed by atoms with Gasteiger partial charge in [0, 0.05) is 6.54 Å². The zero-order chi connectivity index (χ0) is 6.85. The Morgan fingerprint density at radius 1 is 1.33 bits per heavy atom. The largest absolute Gasteiger partial charge is 0.386 e. The molecule has 0 aromatic carbocycles. The van der Waals surface area contributed by atoms with E-state index in [1.807, 2.05) is 0 Å². The Balaban J connectivity index is 2.57. The van der Waals surface area contributed by atoms with Gasteiger partial charge in [0.2, 0.25) is 0 Å². The maximum atomic E-state index is 5.40. The molecule has 1 saturated carbocycles. The average molecular weight is 127 g/mol. The molecule has 0 aliphatic heterocycles. The summed E-state index contributed by atoms with van der Waals surface area (Å²) >= 11 is 0. The maximum Gasteiger partial charge on any atom is 0.0941 e. The first-order chi connectivity index (χ1) is 4.25. The van der Waals surface area contributed by atoms with Gasteiger partial charge in [0.05, 0.1) is 5.82 Å². The molecule has 0 aromatic heterocycles. The highest BCUT2D eigenvalue weighted by Gasteiger charge is 2.26. The van der Waals surface area contributed by atoms with Crippen molar-refractivity contribution >= 4 is 0 Å².